The van der Waals surface area contributed by atoms with Gasteiger partial charge < -0.3 is 9.72 Å². The third-order valence-corrected chi connectivity index (χ3v) is 4.03. The fourth-order valence-electron chi connectivity index (χ4n) is 1.83. The summed E-state index contributed by atoms with van der Waals surface area (Å²) >= 11 is 7.23. The molecule has 0 amide bonds. The van der Waals surface area contributed by atoms with E-state index in [9.17, 15) is 9.59 Å². The van der Waals surface area contributed by atoms with E-state index in [1.54, 1.807) is 35.7 Å². The van der Waals surface area contributed by atoms with Crippen LogP contribution in [0.2, 0.25) is 5.02 Å². The zero-order valence-electron chi connectivity index (χ0n) is 10.6. The van der Waals surface area contributed by atoms with E-state index in [1.807, 2.05) is 0 Å². The molecule has 7 heteroatoms. The zero-order valence-corrected chi connectivity index (χ0v) is 12.2. The Hall–Kier alpha value is -2.18. The third-order valence-electron chi connectivity index (χ3n) is 2.80. The van der Waals surface area contributed by atoms with Crippen molar-refractivity contribution in [1.29, 1.82) is 0 Å². The van der Waals surface area contributed by atoms with Gasteiger partial charge in [-0.2, -0.15) is 0 Å². The van der Waals surface area contributed by atoms with E-state index in [2.05, 4.69) is 9.97 Å². The number of benzene rings is 1. The first-order valence-electron chi connectivity index (χ1n) is 6.03. The number of esters is 1. The summed E-state index contributed by atoms with van der Waals surface area (Å²) in [6, 6.07) is 8.34. The number of rotatable bonds is 3. The number of ether oxygens (including phenoxy) is 1. The van der Waals surface area contributed by atoms with Gasteiger partial charge in [0.2, 0.25) is 0 Å². The number of aromatic amines is 1. The van der Waals surface area contributed by atoms with Gasteiger partial charge in [0.15, 0.2) is 0 Å². The number of carbonyl (C=O) groups is 1. The van der Waals surface area contributed by atoms with Crippen molar-refractivity contribution in [2.75, 3.05) is 0 Å². The van der Waals surface area contributed by atoms with Crippen LogP contribution in [-0.4, -0.2) is 15.9 Å². The minimum absolute atomic E-state index is 0.120. The van der Waals surface area contributed by atoms with Crippen molar-refractivity contribution in [1.82, 2.24) is 9.97 Å². The molecule has 0 bridgehead atoms. The number of hydrogen-bond donors (Lipinski definition) is 1. The minimum Gasteiger partial charge on any atom is -0.454 e. The van der Waals surface area contributed by atoms with Crippen LogP contribution in [0.15, 0.2) is 40.5 Å². The quantitative estimate of drug-likeness (QED) is 0.753. The maximum atomic E-state index is 11.9. The summed E-state index contributed by atoms with van der Waals surface area (Å²) in [7, 11) is 0. The molecule has 0 radical (unpaired) electrons. The van der Waals surface area contributed by atoms with Crippen molar-refractivity contribution in [3.05, 3.63) is 62.5 Å². The summed E-state index contributed by atoms with van der Waals surface area (Å²) < 4.78 is 5.67. The predicted molar refractivity (Wildman–Crippen MR) is 80.8 cm³/mol. The van der Waals surface area contributed by atoms with Gasteiger partial charge in [0, 0.05) is 0 Å². The van der Waals surface area contributed by atoms with Crippen LogP contribution in [0.3, 0.4) is 0 Å². The van der Waals surface area contributed by atoms with E-state index in [0.717, 1.165) is 0 Å². The Morgan fingerprint density at radius 1 is 1.33 bits per heavy atom. The highest BCUT2D eigenvalue weighted by molar-refractivity contribution is 7.17. The summed E-state index contributed by atoms with van der Waals surface area (Å²) in [5, 5.41) is 2.10. The lowest BCUT2D eigenvalue weighted by molar-refractivity contribution is 0.0462. The SMILES string of the molecule is O=C(OCc1nc2ccsc2c(=O)[nH]1)c1ccccc1Cl. The maximum Gasteiger partial charge on any atom is 0.340 e. The number of halogens is 1. The molecule has 5 nitrogen and oxygen atoms in total. The average molecular weight is 321 g/mol. The lowest BCUT2D eigenvalue weighted by Crippen LogP contribution is -2.13. The number of aromatic nitrogens is 2. The predicted octanol–water partition coefficient (Wildman–Crippen LogP) is 3.00. The molecule has 0 unspecified atom stereocenters. The van der Waals surface area contributed by atoms with Crippen LogP contribution in [0.5, 0.6) is 0 Å². The molecule has 21 heavy (non-hydrogen) atoms. The second kappa shape index (κ2) is 5.67. The molecule has 0 aliphatic heterocycles. The van der Waals surface area contributed by atoms with Crippen molar-refractivity contribution >= 4 is 39.1 Å². The van der Waals surface area contributed by atoms with E-state index in [-0.39, 0.29) is 17.7 Å². The smallest absolute Gasteiger partial charge is 0.340 e. The number of fused-ring (bicyclic) bond motifs is 1. The van der Waals surface area contributed by atoms with E-state index in [0.29, 0.717) is 21.1 Å². The fraction of sp³-hybridized carbons (Fsp3) is 0.0714. The fourth-order valence-corrected chi connectivity index (χ4v) is 2.77. The van der Waals surface area contributed by atoms with Crippen molar-refractivity contribution < 1.29 is 9.53 Å². The van der Waals surface area contributed by atoms with Gasteiger partial charge in [0.25, 0.3) is 5.56 Å². The van der Waals surface area contributed by atoms with Crippen molar-refractivity contribution in [2.24, 2.45) is 0 Å². The van der Waals surface area contributed by atoms with Gasteiger partial charge in [-0.15, -0.1) is 11.3 Å². The molecule has 3 aromatic rings. The molecule has 0 atom stereocenters. The molecule has 0 saturated carbocycles. The largest absolute Gasteiger partial charge is 0.454 e. The molecule has 0 aliphatic rings. The summed E-state index contributed by atoms with van der Waals surface area (Å²) in [5.74, 6) is -0.264. The first kappa shape index (κ1) is 13.8. The summed E-state index contributed by atoms with van der Waals surface area (Å²) in [4.78, 5) is 30.5. The highest BCUT2D eigenvalue weighted by atomic mass is 35.5. The van der Waals surface area contributed by atoms with Crippen molar-refractivity contribution in [3.63, 3.8) is 0 Å². The normalized spacial score (nSPS) is 10.7. The van der Waals surface area contributed by atoms with Gasteiger partial charge in [0.1, 0.15) is 17.1 Å². The van der Waals surface area contributed by atoms with E-state index in [4.69, 9.17) is 16.3 Å². The molecule has 2 heterocycles. The molecule has 106 valence electrons. The van der Waals surface area contributed by atoms with Gasteiger partial charge in [-0.1, -0.05) is 23.7 Å². The molecule has 0 spiro atoms. The summed E-state index contributed by atoms with van der Waals surface area (Å²) in [6.45, 7) is -0.120. The Bertz CT molecular complexity index is 872. The Morgan fingerprint density at radius 3 is 2.95 bits per heavy atom. The van der Waals surface area contributed by atoms with Crippen LogP contribution < -0.4 is 5.56 Å². The first-order chi connectivity index (χ1) is 10.1. The number of nitrogens with one attached hydrogen (secondary N) is 1. The van der Waals surface area contributed by atoms with Crippen LogP contribution in [0.1, 0.15) is 16.2 Å². The Morgan fingerprint density at radius 2 is 2.14 bits per heavy atom. The van der Waals surface area contributed by atoms with Crippen LogP contribution in [-0.2, 0) is 11.3 Å². The zero-order chi connectivity index (χ0) is 14.8. The monoisotopic (exact) mass is 320 g/mol. The topological polar surface area (TPSA) is 72.0 Å². The van der Waals surface area contributed by atoms with Crippen molar-refractivity contribution in [3.8, 4) is 0 Å². The number of hydrogen-bond acceptors (Lipinski definition) is 5. The Balaban J connectivity index is 1.79. The Kier molecular flexibility index (Phi) is 3.72. The standard InChI is InChI=1S/C14H9ClN2O3S/c15-9-4-2-1-3-8(9)14(19)20-7-11-16-10-5-6-21-12(10)13(18)17-11/h1-6H,7H2,(H,16,17,18). The molecular weight excluding hydrogens is 312 g/mol. The van der Waals surface area contributed by atoms with E-state index in [1.165, 1.54) is 11.3 Å². The molecule has 3 rings (SSSR count). The van der Waals surface area contributed by atoms with Gasteiger partial charge in [-0.25, -0.2) is 9.78 Å². The number of carbonyl (C=O) groups excluding carboxylic acids is 1. The number of H-pyrrole nitrogens is 1. The molecule has 0 saturated heterocycles. The molecule has 1 N–H and O–H groups in total. The number of nitrogens with zero attached hydrogens (tertiary/aromatic N) is 1. The van der Waals surface area contributed by atoms with Gasteiger partial charge >= 0.3 is 5.97 Å². The molecule has 0 aliphatic carbocycles. The summed E-state index contributed by atoms with van der Waals surface area (Å²) in [6.07, 6.45) is 0. The molecule has 1 aromatic carbocycles. The number of thiophene rings is 1. The average Bonchev–Trinajstić information content (AvgIpc) is 2.94. The van der Waals surface area contributed by atoms with Crippen LogP contribution in [0.4, 0.5) is 0 Å². The van der Waals surface area contributed by atoms with Gasteiger partial charge in [-0.3, -0.25) is 4.79 Å². The van der Waals surface area contributed by atoms with E-state index < -0.39 is 5.97 Å². The molecular formula is C14H9ClN2O3S. The third kappa shape index (κ3) is 2.81. The lowest BCUT2D eigenvalue weighted by atomic mass is 10.2. The lowest BCUT2D eigenvalue weighted by Gasteiger charge is -2.05. The van der Waals surface area contributed by atoms with Crippen LogP contribution >= 0.6 is 22.9 Å². The first-order valence-corrected chi connectivity index (χ1v) is 7.29. The van der Waals surface area contributed by atoms with Crippen LogP contribution in [0.25, 0.3) is 10.2 Å². The Labute approximate surface area is 128 Å². The second-order valence-corrected chi connectivity index (χ2v) is 5.53. The molecule has 0 fully saturated rings. The molecule has 2 aromatic heterocycles. The highest BCUT2D eigenvalue weighted by Gasteiger charge is 2.12. The second-order valence-electron chi connectivity index (χ2n) is 4.20. The van der Waals surface area contributed by atoms with Gasteiger partial charge in [0.05, 0.1) is 16.1 Å². The van der Waals surface area contributed by atoms with Crippen molar-refractivity contribution in [2.45, 2.75) is 6.61 Å². The minimum atomic E-state index is -0.561. The maximum absolute atomic E-state index is 11.9. The van der Waals surface area contributed by atoms with Crippen LogP contribution in [0, 0.1) is 0 Å². The van der Waals surface area contributed by atoms with Gasteiger partial charge in [-0.05, 0) is 23.6 Å². The van der Waals surface area contributed by atoms with E-state index >= 15 is 0 Å². The highest BCUT2D eigenvalue weighted by Crippen LogP contribution is 2.17. The summed E-state index contributed by atoms with van der Waals surface area (Å²) in [5.41, 5.74) is 0.629.